The lowest BCUT2D eigenvalue weighted by Crippen LogP contribution is -2.57. The van der Waals surface area contributed by atoms with E-state index in [0.29, 0.717) is 6.61 Å². The van der Waals surface area contributed by atoms with E-state index >= 15 is 0 Å². The molecule has 0 spiro atoms. The van der Waals surface area contributed by atoms with Crippen LogP contribution in [-0.2, 0) is 19.1 Å². The van der Waals surface area contributed by atoms with Crippen molar-refractivity contribution in [1.29, 1.82) is 0 Å². The topological polar surface area (TPSA) is 105 Å². The predicted molar refractivity (Wildman–Crippen MR) is 125 cm³/mol. The Labute approximate surface area is 198 Å². The molecule has 2 aromatic carbocycles. The van der Waals surface area contributed by atoms with Crippen molar-refractivity contribution in [2.75, 3.05) is 26.4 Å². The van der Waals surface area contributed by atoms with Crippen molar-refractivity contribution in [2.24, 2.45) is 5.92 Å². The number of ether oxygens (including phenoxy) is 2. The number of carbonyl (C=O) groups excluding carboxylic acids is 2. The summed E-state index contributed by atoms with van der Waals surface area (Å²) in [5.41, 5.74) is 4.49. The van der Waals surface area contributed by atoms with Gasteiger partial charge in [-0.2, -0.15) is 0 Å². The quantitative estimate of drug-likeness (QED) is 0.649. The molecule has 2 aromatic rings. The zero-order valence-corrected chi connectivity index (χ0v) is 19.4. The minimum absolute atomic E-state index is 0.0782. The Morgan fingerprint density at radius 2 is 1.71 bits per heavy atom. The number of fused-ring (bicyclic) bond motifs is 3. The first-order valence-electron chi connectivity index (χ1n) is 11.6. The summed E-state index contributed by atoms with van der Waals surface area (Å²) in [6, 6.07) is 14.8. The fourth-order valence-electron chi connectivity index (χ4n) is 4.77. The van der Waals surface area contributed by atoms with Gasteiger partial charge in [0.15, 0.2) is 0 Å². The number of carbonyl (C=O) groups is 3. The Kier molecular flexibility index (Phi) is 7.17. The summed E-state index contributed by atoms with van der Waals surface area (Å²) in [7, 11) is 0. The number of nitrogens with one attached hydrogen (secondary N) is 1. The van der Waals surface area contributed by atoms with Crippen molar-refractivity contribution in [1.82, 2.24) is 10.2 Å². The molecule has 1 unspecified atom stereocenters. The number of amides is 2. The van der Waals surface area contributed by atoms with Gasteiger partial charge in [0.2, 0.25) is 5.91 Å². The van der Waals surface area contributed by atoms with Gasteiger partial charge in [-0.15, -0.1) is 0 Å². The Balaban J connectivity index is 1.43. The average molecular weight is 467 g/mol. The monoisotopic (exact) mass is 466 g/mol. The lowest BCUT2D eigenvalue weighted by atomic mass is 9.98. The summed E-state index contributed by atoms with van der Waals surface area (Å²) < 4.78 is 11.0. The zero-order valence-electron chi connectivity index (χ0n) is 19.4. The fraction of sp³-hybridized carbons (Fsp3) is 0.423. The van der Waals surface area contributed by atoms with Gasteiger partial charge in [0.25, 0.3) is 0 Å². The van der Waals surface area contributed by atoms with Crippen LogP contribution in [0.4, 0.5) is 4.79 Å². The third-order valence-electron chi connectivity index (χ3n) is 6.47. The van der Waals surface area contributed by atoms with Gasteiger partial charge in [-0.1, -0.05) is 62.4 Å². The second kappa shape index (κ2) is 10.3. The molecular formula is C26H30N2O6. The van der Waals surface area contributed by atoms with Crippen LogP contribution in [0.1, 0.15) is 37.3 Å². The van der Waals surface area contributed by atoms with Crippen LogP contribution in [0.2, 0.25) is 0 Å². The molecule has 1 heterocycles. The van der Waals surface area contributed by atoms with Crippen LogP contribution in [0.3, 0.4) is 0 Å². The lowest BCUT2D eigenvalue weighted by molar-refractivity contribution is -0.148. The standard InChI is InChI=1S/C26H30N2O6/c1-16(2)24(25(31)28-11-12-33-14-17(28)13-23(29)30)27-26(32)34-15-22-20-9-5-3-7-18(20)19-8-4-6-10-21(19)22/h3-10,16-17,22,24H,11-15H2,1-2H3,(H,27,32)(H,29,30)/t17?,24-/m0/s1. The number of carboxylic acid groups (broad SMARTS) is 1. The summed E-state index contributed by atoms with van der Waals surface area (Å²) in [5.74, 6) is -1.61. The van der Waals surface area contributed by atoms with Crippen molar-refractivity contribution in [3.63, 3.8) is 0 Å². The minimum Gasteiger partial charge on any atom is -0.481 e. The molecule has 34 heavy (non-hydrogen) atoms. The van der Waals surface area contributed by atoms with Crippen molar-refractivity contribution in [2.45, 2.75) is 38.3 Å². The first kappa shape index (κ1) is 23.8. The van der Waals surface area contributed by atoms with E-state index in [9.17, 15) is 19.5 Å². The zero-order chi connectivity index (χ0) is 24.2. The molecule has 2 N–H and O–H groups in total. The van der Waals surface area contributed by atoms with Gasteiger partial charge < -0.3 is 24.8 Å². The van der Waals surface area contributed by atoms with E-state index in [-0.39, 0.29) is 43.9 Å². The van der Waals surface area contributed by atoms with E-state index in [0.717, 1.165) is 22.3 Å². The van der Waals surface area contributed by atoms with Gasteiger partial charge in [0.05, 0.1) is 25.7 Å². The summed E-state index contributed by atoms with van der Waals surface area (Å²) in [6.45, 7) is 4.59. The van der Waals surface area contributed by atoms with Crippen LogP contribution < -0.4 is 5.32 Å². The molecule has 4 rings (SSSR count). The SMILES string of the molecule is CC(C)[C@H](NC(=O)OCC1c2ccccc2-c2ccccc21)C(=O)N1CCOCC1CC(=O)O. The van der Waals surface area contributed by atoms with Gasteiger partial charge in [0, 0.05) is 12.5 Å². The molecule has 1 aliphatic carbocycles. The Morgan fingerprint density at radius 1 is 1.09 bits per heavy atom. The van der Waals surface area contributed by atoms with E-state index < -0.39 is 24.1 Å². The van der Waals surface area contributed by atoms with Crippen LogP contribution in [-0.4, -0.2) is 66.4 Å². The number of alkyl carbamates (subject to hydrolysis) is 1. The highest BCUT2D eigenvalue weighted by Crippen LogP contribution is 2.44. The Hall–Kier alpha value is -3.39. The van der Waals surface area contributed by atoms with Crippen molar-refractivity contribution >= 4 is 18.0 Å². The smallest absolute Gasteiger partial charge is 0.407 e. The normalized spacial score (nSPS) is 18.2. The van der Waals surface area contributed by atoms with Crippen molar-refractivity contribution < 1.29 is 29.0 Å². The van der Waals surface area contributed by atoms with E-state index in [1.54, 1.807) is 0 Å². The molecule has 8 heteroatoms. The molecule has 0 aromatic heterocycles. The maximum Gasteiger partial charge on any atom is 0.407 e. The highest BCUT2D eigenvalue weighted by molar-refractivity contribution is 5.87. The van der Waals surface area contributed by atoms with Crippen molar-refractivity contribution in [3.8, 4) is 11.1 Å². The molecule has 1 fully saturated rings. The highest BCUT2D eigenvalue weighted by Gasteiger charge is 2.36. The molecule has 0 saturated carbocycles. The summed E-state index contributed by atoms with van der Waals surface area (Å²) in [6.07, 6.45) is -0.876. The van der Waals surface area contributed by atoms with Gasteiger partial charge in [-0.05, 0) is 28.2 Å². The average Bonchev–Trinajstić information content (AvgIpc) is 3.14. The van der Waals surface area contributed by atoms with Crippen molar-refractivity contribution in [3.05, 3.63) is 59.7 Å². The molecule has 180 valence electrons. The van der Waals surface area contributed by atoms with Crippen LogP contribution >= 0.6 is 0 Å². The summed E-state index contributed by atoms with van der Waals surface area (Å²) in [5, 5.41) is 11.9. The summed E-state index contributed by atoms with van der Waals surface area (Å²) >= 11 is 0. The largest absolute Gasteiger partial charge is 0.481 e. The number of carboxylic acids is 1. The van der Waals surface area contributed by atoms with E-state index in [4.69, 9.17) is 9.47 Å². The maximum atomic E-state index is 13.3. The molecule has 2 atom stereocenters. The maximum absolute atomic E-state index is 13.3. The van der Waals surface area contributed by atoms with Crippen LogP contribution in [0.15, 0.2) is 48.5 Å². The number of rotatable bonds is 7. The number of nitrogens with zero attached hydrogens (tertiary/aromatic N) is 1. The molecule has 1 saturated heterocycles. The highest BCUT2D eigenvalue weighted by atomic mass is 16.5. The molecule has 0 radical (unpaired) electrons. The van der Waals surface area contributed by atoms with Gasteiger partial charge >= 0.3 is 12.1 Å². The van der Waals surface area contributed by atoms with Gasteiger partial charge in [-0.25, -0.2) is 4.79 Å². The van der Waals surface area contributed by atoms with Gasteiger partial charge in [0.1, 0.15) is 12.6 Å². The Morgan fingerprint density at radius 3 is 2.29 bits per heavy atom. The molecule has 8 nitrogen and oxygen atoms in total. The third-order valence-corrected chi connectivity index (χ3v) is 6.47. The predicted octanol–water partition coefficient (Wildman–Crippen LogP) is 3.25. The number of hydrogen-bond donors (Lipinski definition) is 2. The van der Waals surface area contributed by atoms with Crippen LogP contribution in [0.5, 0.6) is 0 Å². The number of hydrogen-bond acceptors (Lipinski definition) is 5. The number of morpholine rings is 1. The molecule has 1 aliphatic heterocycles. The fourth-order valence-corrected chi connectivity index (χ4v) is 4.77. The lowest BCUT2D eigenvalue weighted by Gasteiger charge is -2.37. The first-order valence-corrected chi connectivity index (χ1v) is 11.6. The molecule has 2 amide bonds. The minimum atomic E-state index is -1.00. The van der Waals surface area contributed by atoms with E-state index in [1.807, 2.05) is 50.2 Å². The van der Waals surface area contributed by atoms with Gasteiger partial charge in [-0.3, -0.25) is 9.59 Å². The third kappa shape index (κ3) is 4.92. The van der Waals surface area contributed by atoms with Crippen LogP contribution in [0.25, 0.3) is 11.1 Å². The number of aliphatic carboxylic acids is 1. The molecule has 2 aliphatic rings. The molecule has 0 bridgehead atoms. The first-order chi connectivity index (χ1) is 16.4. The second-order valence-electron chi connectivity index (χ2n) is 9.05. The Bertz CT molecular complexity index is 1020. The number of benzene rings is 2. The molecular weight excluding hydrogens is 436 g/mol. The van der Waals surface area contributed by atoms with Crippen LogP contribution in [0, 0.1) is 5.92 Å². The second-order valence-corrected chi connectivity index (χ2v) is 9.05. The summed E-state index contributed by atoms with van der Waals surface area (Å²) in [4.78, 5) is 38.8. The van der Waals surface area contributed by atoms with E-state index in [2.05, 4.69) is 17.4 Å². The van der Waals surface area contributed by atoms with E-state index in [1.165, 1.54) is 4.90 Å².